The summed E-state index contributed by atoms with van der Waals surface area (Å²) < 4.78 is 19.2. The number of rotatable bonds is 5. The zero-order valence-corrected chi connectivity index (χ0v) is 12.8. The second-order valence-electron chi connectivity index (χ2n) is 4.99. The predicted molar refractivity (Wildman–Crippen MR) is 83.2 cm³/mol. The Morgan fingerprint density at radius 1 is 1.10 bits per heavy atom. The van der Waals surface area contributed by atoms with E-state index < -0.39 is 0 Å². The fourth-order valence-electron chi connectivity index (χ4n) is 2.08. The molecule has 0 spiro atoms. The Labute approximate surface area is 124 Å². The van der Waals surface area contributed by atoms with Crippen molar-refractivity contribution in [1.29, 1.82) is 0 Å². The highest BCUT2D eigenvalue weighted by molar-refractivity contribution is 7.98. The van der Waals surface area contributed by atoms with Gasteiger partial charge in [0.25, 0.3) is 0 Å². The fourth-order valence-corrected chi connectivity index (χ4v) is 2.57. The largest absolute Gasteiger partial charge is 0.491 e. The van der Waals surface area contributed by atoms with Crippen LogP contribution < -0.4 is 4.74 Å². The first kappa shape index (κ1) is 14.9. The minimum Gasteiger partial charge on any atom is -0.491 e. The van der Waals surface area contributed by atoms with Crippen LogP contribution in [0, 0.1) is 5.82 Å². The molecule has 0 aromatic heterocycles. The zero-order valence-electron chi connectivity index (χ0n) is 12.0. The first-order valence-corrected chi connectivity index (χ1v) is 7.88. The van der Waals surface area contributed by atoms with Crippen LogP contribution in [0.15, 0.2) is 47.4 Å². The molecular weight excluding hydrogens is 271 g/mol. The average molecular weight is 290 g/mol. The van der Waals surface area contributed by atoms with Crippen molar-refractivity contribution in [3.63, 3.8) is 0 Å². The highest BCUT2D eigenvalue weighted by Crippen LogP contribution is 2.22. The summed E-state index contributed by atoms with van der Waals surface area (Å²) in [6.45, 7) is 3.87. The molecule has 0 saturated carbocycles. The smallest absolute Gasteiger partial charge is 0.127 e. The average Bonchev–Trinajstić information content (AvgIpc) is 2.37. The highest BCUT2D eigenvalue weighted by Gasteiger charge is 2.05. The summed E-state index contributed by atoms with van der Waals surface area (Å²) >= 11 is 1.71. The second-order valence-corrected chi connectivity index (χ2v) is 5.87. The van der Waals surface area contributed by atoms with Gasteiger partial charge in [0.15, 0.2) is 0 Å². The number of halogens is 1. The van der Waals surface area contributed by atoms with E-state index in [9.17, 15) is 4.39 Å². The van der Waals surface area contributed by atoms with Crippen molar-refractivity contribution in [2.75, 3.05) is 6.26 Å². The van der Waals surface area contributed by atoms with Gasteiger partial charge in [0.05, 0.1) is 6.10 Å². The summed E-state index contributed by atoms with van der Waals surface area (Å²) in [6, 6.07) is 13.2. The molecule has 0 amide bonds. The minimum atomic E-state index is -0.251. The minimum absolute atomic E-state index is 0.0458. The van der Waals surface area contributed by atoms with E-state index in [4.69, 9.17) is 4.74 Å². The summed E-state index contributed by atoms with van der Waals surface area (Å²) in [7, 11) is 0. The molecule has 0 fully saturated rings. The molecule has 1 nitrogen and oxygen atoms in total. The fraction of sp³-hybridized carbons (Fsp3) is 0.294. The van der Waals surface area contributed by atoms with Gasteiger partial charge in [-0.05, 0) is 61.9 Å². The lowest BCUT2D eigenvalue weighted by Crippen LogP contribution is -2.06. The molecule has 0 saturated heterocycles. The van der Waals surface area contributed by atoms with Crippen LogP contribution in [0.3, 0.4) is 0 Å². The van der Waals surface area contributed by atoms with Crippen LogP contribution in [0.1, 0.15) is 25.0 Å². The lowest BCUT2D eigenvalue weighted by molar-refractivity contribution is 0.241. The van der Waals surface area contributed by atoms with Gasteiger partial charge in [0.1, 0.15) is 11.6 Å². The molecule has 2 aromatic carbocycles. The number of benzene rings is 2. The quantitative estimate of drug-likeness (QED) is 0.722. The molecule has 0 radical (unpaired) electrons. The van der Waals surface area contributed by atoms with Crippen molar-refractivity contribution in [3.8, 4) is 5.75 Å². The summed E-state index contributed by atoms with van der Waals surface area (Å²) in [5.74, 6) is 0.343. The first-order chi connectivity index (χ1) is 9.56. The molecule has 2 rings (SSSR count). The molecule has 0 atom stereocenters. The molecule has 106 valence electrons. The van der Waals surface area contributed by atoms with Gasteiger partial charge in [0, 0.05) is 11.0 Å². The number of ether oxygens (including phenoxy) is 1. The van der Waals surface area contributed by atoms with Gasteiger partial charge in [-0.25, -0.2) is 4.39 Å². The molecule has 0 N–H and O–H groups in total. The van der Waals surface area contributed by atoms with E-state index >= 15 is 0 Å². The highest BCUT2D eigenvalue weighted by atomic mass is 32.2. The molecule has 0 bridgehead atoms. The Morgan fingerprint density at radius 2 is 1.90 bits per heavy atom. The van der Waals surface area contributed by atoms with E-state index in [-0.39, 0.29) is 11.9 Å². The Morgan fingerprint density at radius 3 is 2.60 bits per heavy atom. The van der Waals surface area contributed by atoms with Gasteiger partial charge in [-0.2, -0.15) is 0 Å². The lowest BCUT2D eigenvalue weighted by atomic mass is 10.0. The molecule has 0 aliphatic rings. The van der Waals surface area contributed by atoms with E-state index in [1.165, 1.54) is 16.5 Å². The maximum Gasteiger partial charge on any atom is 0.127 e. The molecule has 0 unspecified atom stereocenters. The molecule has 0 aliphatic carbocycles. The molecule has 20 heavy (non-hydrogen) atoms. The topological polar surface area (TPSA) is 9.23 Å². The normalized spacial score (nSPS) is 10.8. The molecular formula is C17H19FOS. The third-order valence-corrected chi connectivity index (χ3v) is 3.57. The zero-order chi connectivity index (χ0) is 14.5. The van der Waals surface area contributed by atoms with Crippen molar-refractivity contribution in [2.24, 2.45) is 0 Å². The van der Waals surface area contributed by atoms with Gasteiger partial charge in [-0.3, -0.25) is 0 Å². The van der Waals surface area contributed by atoms with Crippen molar-refractivity contribution < 1.29 is 9.13 Å². The first-order valence-electron chi connectivity index (χ1n) is 6.66. The predicted octanol–water partition coefficient (Wildman–Crippen LogP) is 4.93. The van der Waals surface area contributed by atoms with Crippen LogP contribution in [0.2, 0.25) is 0 Å². The monoisotopic (exact) mass is 290 g/mol. The van der Waals surface area contributed by atoms with Crippen molar-refractivity contribution in [3.05, 3.63) is 59.4 Å². The van der Waals surface area contributed by atoms with Crippen LogP contribution in [0.25, 0.3) is 0 Å². The van der Waals surface area contributed by atoms with E-state index in [1.54, 1.807) is 17.8 Å². The van der Waals surface area contributed by atoms with Gasteiger partial charge in [0.2, 0.25) is 0 Å². The number of hydrogen-bond donors (Lipinski definition) is 0. The second kappa shape index (κ2) is 6.80. The number of hydrogen-bond acceptors (Lipinski definition) is 2. The summed E-state index contributed by atoms with van der Waals surface area (Å²) in [5.41, 5.74) is 2.11. The van der Waals surface area contributed by atoms with Crippen LogP contribution in [-0.2, 0) is 6.42 Å². The van der Waals surface area contributed by atoms with E-state index in [2.05, 4.69) is 24.5 Å². The Hall–Kier alpha value is -1.48. The Balaban J connectivity index is 2.21. The van der Waals surface area contributed by atoms with E-state index in [0.29, 0.717) is 12.2 Å². The maximum absolute atomic E-state index is 13.6. The van der Waals surface area contributed by atoms with Crippen LogP contribution in [0.5, 0.6) is 5.75 Å². The molecule has 3 heteroatoms. The third-order valence-electron chi connectivity index (χ3n) is 2.85. The van der Waals surface area contributed by atoms with Crippen molar-refractivity contribution in [2.45, 2.75) is 31.3 Å². The van der Waals surface area contributed by atoms with Gasteiger partial charge >= 0.3 is 0 Å². The summed E-state index contributed by atoms with van der Waals surface area (Å²) in [6.07, 6.45) is 2.81. The van der Waals surface area contributed by atoms with Crippen LogP contribution >= 0.6 is 11.8 Å². The Kier molecular flexibility index (Phi) is 5.07. The molecule has 0 aliphatic heterocycles. The van der Waals surface area contributed by atoms with Crippen LogP contribution in [-0.4, -0.2) is 12.4 Å². The third kappa shape index (κ3) is 4.27. The Bertz CT molecular complexity index is 581. The van der Waals surface area contributed by atoms with Crippen molar-refractivity contribution in [1.82, 2.24) is 0 Å². The summed E-state index contributed by atoms with van der Waals surface area (Å²) in [4.78, 5) is 1.22. The summed E-state index contributed by atoms with van der Waals surface area (Å²) in [5, 5.41) is 0. The SMILES string of the molecule is CSc1cccc(Cc2cc(F)cc(OC(C)C)c2)c1. The van der Waals surface area contributed by atoms with Crippen LogP contribution in [0.4, 0.5) is 4.39 Å². The molecule has 0 heterocycles. The van der Waals surface area contributed by atoms with E-state index in [1.807, 2.05) is 26.0 Å². The maximum atomic E-state index is 13.6. The molecule has 2 aromatic rings. The van der Waals surface area contributed by atoms with E-state index in [0.717, 1.165) is 5.56 Å². The van der Waals surface area contributed by atoms with Crippen molar-refractivity contribution >= 4 is 11.8 Å². The van der Waals surface area contributed by atoms with Gasteiger partial charge in [-0.15, -0.1) is 11.8 Å². The lowest BCUT2D eigenvalue weighted by Gasteiger charge is -2.11. The number of thioether (sulfide) groups is 1. The standard InChI is InChI=1S/C17H19FOS/c1-12(2)19-16-9-14(8-15(18)11-16)7-13-5-4-6-17(10-13)20-3/h4-6,8-12H,7H2,1-3H3. The van der Waals surface area contributed by atoms with Gasteiger partial charge < -0.3 is 4.74 Å². The van der Waals surface area contributed by atoms with Gasteiger partial charge in [-0.1, -0.05) is 12.1 Å².